The van der Waals surface area contributed by atoms with Gasteiger partial charge in [-0.15, -0.1) is 0 Å². The minimum absolute atomic E-state index is 0.143. The number of carbonyl (C=O) groups is 1. The lowest BCUT2D eigenvalue weighted by molar-refractivity contribution is 0.0807. The van der Waals surface area contributed by atoms with Gasteiger partial charge in [0.05, 0.1) is 18.7 Å². The van der Waals surface area contributed by atoms with Crippen molar-refractivity contribution in [2.45, 2.75) is 19.8 Å². The Hall–Kier alpha value is -1.39. The first-order valence-electron chi connectivity index (χ1n) is 7.71. The molecular weight excluding hydrogens is 266 g/mol. The Morgan fingerprint density at radius 1 is 1.29 bits per heavy atom. The third-order valence-electron chi connectivity index (χ3n) is 3.96. The van der Waals surface area contributed by atoms with Gasteiger partial charge in [0.1, 0.15) is 5.75 Å². The molecule has 0 radical (unpaired) electrons. The van der Waals surface area contributed by atoms with Gasteiger partial charge in [0.15, 0.2) is 5.78 Å². The molecule has 1 aromatic carbocycles. The molecule has 1 heterocycles. The summed E-state index contributed by atoms with van der Waals surface area (Å²) >= 11 is 0. The average Bonchev–Trinajstić information content (AvgIpc) is 2.50. The second kappa shape index (κ2) is 8.15. The molecule has 0 bridgehead atoms. The molecule has 2 rings (SSSR count). The molecule has 1 fully saturated rings. The number of piperidine rings is 1. The van der Waals surface area contributed by atoms with Crippen LogP contribution in [0.3, 0.4) is 0 Å². The van der Waals surface area contributed by atoms with Crippen molar-refractivity contribution in [2.75, 3.05) is 40.0 Å². The van der Waals surface area contributed by atoms with Crippen molar-refractivity contribution in [1.82, 2.24) is 4.90 Å². The van der Waals surface area contributed by atoms with E-state index in [1.165, 1.54) is 0 Å². The molecule has 0 atom stereocenters. The van der Waals surface area contributed by atoms with E-state index in [9.17, 15) is 4.79 Å². The summed E-state index contributed by atoms with van der Waals surface area (Å²) < 4.78 is 10.7. The number of likely N-dealkylation sites (tertiary alicyclic amines) is 1. The Balaban J connectivity index is 1.90. The van der Waals surface area contributed by atoms with Gasteiger partial charge in [-0.1, -0.05) is 12.1 Å². The minimum Gasteiger partial charge on any atom is -0.493 e. The minimum atomic E-state index is 0.143. The van der Waals surface area contributed by atoms with Crippen molar-refractivity contribution >= 4 is 5.78 Å². The summed E-state index contributed by atoms with van der Waals surface area (Å²) in [5, 5.41) is 0. The Morgan fingerprint density at radius 3 is 2.67 bits per heavy atom. The van der Waals surface area contributed by atoms with Crippen molar-refractivity contribution in [3.8, 4) is 5.75 Å². The molecule has 116 valence electrons. The number of hydrogen-bond donors (Lipinski definition) is 0. The molecule has 0 amide bonds. The maximum atomic E-state index is 12.5. The summed E-state index contributed by atoms with van der Waals surface area (Å²) in [5.74, 6) is 1.47. The first-order chi connectivity index (χ1) is 10.2. The molecule has 4 nitrogen and oxygen atoms in total. The molecule has 0 unspecified atom stereocenters. The molecule has 1 saturated heterocycles. The standard InChI is InChI=1S/C17H25NO3/c1-3-21-17-7-5-4-6-15(17)16(19)12-18-10-8-14(9-11-18)13-20-2/h4-7,14H,3,8-13H2,1-2H3. The molecule has 0 aromatic heterocycles. The van der Waals surface area contributed by atoms with Crippen LogP contribution in [0.5, 0.6) is 5.75 Å². The third kappa shape index (κ3) is 4.55. The molecular formula is C17H25NO3. The van der Waals surface area contributed by atoms with Crippen molar-refractivity contribution in [1.29, 1.82) is 0 Å². The van der Waals surface area contributed by atoms with Crippen molar-refractivity contribution in [2.24, 2.45) is 5.92 Å². The smallest absolute Gasteiger partial charge is 0.180 e. The lowest BCUT2D eigenvalue weighted by Gasteiger charge is -2.31. The summed E-state index contributed by atoms with van der Waals surface area (Å²) in [7, 11) is 1.75. The maximum Gasteiger partial charge on any atom is 0.180 e. The number of ketones is 1. The second-order valence-corrected chi connectivity index (χ2v) is 5.53. The second-order valence-electron chi connectivity index (χ2n) is 5.53. The van der Waals surface area contributed by atoms with E-state index >= 15 is 0 Å². The zero-order valence-electron chi connectivity index (χ0n) is 13.0. The van der Waals surface area contributed by atoms with Gasteiger partial charge in [-0.3, -0.25) is 9.69 Å². The van der Waals surface area contributed by atoms with Crippen LogP contribution in [0.25, 0.3) is 0 Å². The van der Waals surface area contributed by atoms with E-state index in [4.69, 9.17) is 9.47 Å². The Kier molecular flexibility index (Phi) is 6.21. The SMILES string of the molecule is CCOc1ccccc1C(=O)CN1CCC(COC)CC1. The molecule has 0 N–H and O–H groups in total. The van der Waals surface area contributed by atoms with E-state index in [2.05, 4.69) is 4.90 Å². The molecule has 21 heavy (non-hydrogen) atoms. The quantitative estimate of drug-likeness (QED) is 0.724. The van der Waals surface area contributed by atoms with Gasteiger partial charge in [0.2, 0.25) is 0 Å². The van der Waals surface area contributed by atoms with E-state index in [0.29, 0.717) is 30.4 Å². The van der Waals surface area contributed by atoms with Crippen LogP contribution in [0.2, 0.25) is 0 Å². The predicted molar refractivity (Wildman–Crippen MR) is 83.0 cm³/mol. The number of hydrogen-bond acceptors (Lipinski definition) is 4. The van der Waals surface area contributed by atoms with E-state index < -0.39 is 0 Å². The van der Waals surface area contributed by atoms with Crippen LogP contribution in [0.15, 0.2) is 24.3 Å². The fraction of sp³-hybridized carbons (Fsp3) is 0.588. The Labute approximate surface area is 127 Å². The summed E-state index contributed by atoms with van der Waals surface area (Å²) in [6.45, 7) is 5.75. The normalized spacial score (nSPS) is 16.9. The first kappa shape index (κ1) is 16.0. The molecule has 0 spiro atoms. The highest BCUT2D eigenvalue weighted by molar-refractivity contribution is 6.00. The number of benzene rings is 1. The van der Waals surface area contributed by atoms with Crippen molar-refractivity contribution in [3.63, 3.8) is 0 Å². The summed E-state index contributed by atoms with van der Waals surface area (Å²) in [6.07, 6.45) is 2.21. The summed E-state index contributed by atoms with van der Waals surface area (Å²) in [4.78, 5) is 14.7. The molecule has 1 aliphatic rings. The number of rotatable bonds is 7. The highest BCUT2D eigenvalue weighted by Gasteiger charge is 2.22. The average molecular weight is 291 g/mol. The fourth-order valence-corrected chi connectivity index (χ4v) is 2.81. The maximum absolute atomic E-state index is 12.5. The van der Waals surface area contributed by atoms with E-state index in [1.54, 1.807) is 7.11 Å². The Bertz CT molecular complexity index is 453. The topological polar surface area (TPSA) is 38.8 Å². The molecule has 1 aromatic rings. The van der Waals surface area contributed by atoms with Crippen LogP contribution < -0.4 is 4.74 Å². The van der Waals surface area contributed by atoms with Crippen LogP contribution in [0.4, 0.5) is 0 Å². The summed E-state index contributed by atoms with van der Waals surface area (Å²) in [5.41, 5.74) is 0.693. The van der Waals surface area contributed by atoms with Gasteiger partial charge in [-0.2, -0.15) is 0 Å². The largest absolute Gasteiger partial charge is 0.493 e. The number of para-hydroxylation sites is 1. The highest BCUT2D eigenvalue weighted by atomic mass is 16.5. The van der Waals surface area contributed by atoms with Gasteiger partial charge in [-0.05, 0) is 50.9 Å². The lowest BCUT2D eigenvalue weighted by Crippen LogP contribution is -2.38. The fourth-order valence-electron chi connectivity index (χ4n) is 2.81. The van der Waals surface area contributed by atoms with Gasteiger partial charge in [-0.25, -0.2) is 0 Å². The van der Waals surface area contributed by atoms with Gasteiger partial charge < -0.3 is 9.47 Å². The van der Waals surface area contributed by atoms with Crippen LogP contribution in [-0.4, -0.2) is 50.6 Å². The van der Waals surface area contributed by atoms with Gasteiger partial charge in [0.25, 0.3) is 0 Å². The van der Waals surface area contributed by atoms with E-state index in [-0.39, 0.29) is 5.78 Å². The van der Waals surface area contributed by atoms with E-state index in [0.717, 1.165) is 32.5 Å². The molecule has 0 saturated carbocycles. The summed E-state index contributed by atoms with van der Waals surface area (Å²) in [6, 6.07) is 7.51. The molecule has 4 heteroatoms. The van der Waals surface area contributed by atoms with Crippen molar-refractivity contribution in [3.05, 3.63) is 29.8 Å². The third-order valence-corrected chi connectivity index (χ3v) is 3.96. The zero-order valence-corrected chi connectivity index (χ0v) is 13.0. The van der Waals surface area contributed by atoms with Crippen LogP contribution >= 0.6 is 0 Å². The lowest BCUT2D eigenvalue weighted by atomic mass is 9.97. The van der Waals surface area contributed by atoms with Crippen LogP contribution in [0, 0.1) is 5.92 Å². The van der Waals surface area contributed by atoms with Crippen molar-refractivity contribution < 1.29 is 14.3 Å². The number of nitrogens with zero attached hydrogens (tertiary/aromatic N) is 1. The number of methoxy groups -OCH3 is 1. The van der Waals surface area contributed by atoms with Crippen LogP contribution in [0.1, 0.15) is 30.1 Å². The zero-order chi connectivity index (χ0) is 15.1. The predicted octanol–water partition coefficient (Wildman–Crippen LogP) is 2.63. The van der Waals surface area contributed by atoms with Crippen LogP contribution in [-0.2, 0) is 4.74 Å². The Morgan fingerprint density at radius 2 is 2.00 bits per heavy atom. The molecule has 0 aliphatic carbocycles. The van der Waals surface area contributed by atoms with Gasteiger partial charge in [0, 0.05) is 13.7 Å². The first-order valence-corrected chi connectivity index (χ1v) is 7.71. The monoisotopic (exact) mass is 291 g/mol. The molecule has 1 aliphatic heterocycles. The highest BCUT2D eigenvalue weighted by Crippen LogP contribution is 2.21. The number of ether oxygens (including phenoxy) is 2. The number of Topliss-reactive ketones (excluding diaryl/α,β-unsaturated/α-hetero) is 1. The van der Waals surface area contributed by atoms with Gasteiger partial charge >= 0.3 is 0 Å². The number of carbonyl (C=O) groups excluding carboxylic acids is 1. The van der Waals surface area contributed by atoms with E-state index in [1.807, 2.05) is 31.2 Å².